The SMILES string of the molecule is Cc1nn(-c2ccccc2)c(C)c1C(=O)OCCn1c(C)csc1=O. The second kappa shape index (κ2) is 7.06. The van der Waals surface area contributed by atoms with Crippen molar-refractivity contribution in [2.24, 2.45) is 0 Å². The number of hydrogen-bond acceptors (Lipinski definition) is 5. The highest BCUT2D eigenvalue weighted by atomic mass is 32.1. The van der Waals surface area contributed by atoms with Gasteiger partial charge in [0, 0.05) is 11.1 Å². The van der Waals surface area contributed by atoms with E-state index in [0.29, 0.717) is 17.8 Å². The zero-order chi connectivity index (χ0) is 18.0. The molecule has 2 aromatic heterocycles. The maximum absolute atomic E-state index is 12.5. The Kier molecular flexibility index (Phi) is 4.85. The first-order valence-corrected chi connectivity index (χ1v) is 8.80. The van der Waals surface area contributed by atoms with Gasteiger partial charge in [-0.15, -0.1) is 0 Å². The monoisotopic (exact) mass is 357 g/mol. The van der Waals surface area contributed by atoms with Crippen molar-refractivity contribution in [2.75, 3.05) is 6.61 Å². The van der Waals surface area contributed by atoms with Crippen molar-refractivity contribution in [3.63, 3.8) is 0 Å². The van der Waals surface area contributed by atoms with Crippen LogP contribution in [0.1, 0.15) is 27.4 Å². The van der Waals surface area contributed by atoms with Gasteiger partial charge >= 0.3 is 10.8 Å². The highest BCUT2D eigenvalue weighted by Gasteiger charge is 2.20. The maximum atomic E-state index is 12.5. The topological polar surface area (TPSA) is 66.1 Å². The molecule has 0 aliphatic carbocycles. The summed E-state index contributed by atoms with van der Waals surface area (Å²) in [5.74, 6) is -0.418. The van der Waals surface area contributed by atoms with Crippen molar-refractivity contribution in [1.29, 1.82) is 0 Å². The number of hydrogen-bond donors (Lipinski definition) is 0. The van der Waals surface area contributed by atoms with E-state index in [9.17, 15) is 9.59 Å². The summed E-state index contributed by atoms with van der Waals surface area (Å²) < 4.78 is 8.71. The molecule has 7 heteroatoms. The fraction of sp³-hybridized carbons (Fsp3) is 0.278. The van der Waals surface area contributed by atoms with Crippen LogP contribution in [0.2, 0.25) is 0 Å². The summed E-state index contributed by atoms with van der Waals surface area (Å²) in [6, 6.07) is 9.63. The van der Waals surface area contributed by atoms with E-state index >= 15 is 0 Å². The predicted octanol–water partition coefficient (Wildman–Crippen LogP) is 2.88. The predicted molar refractivity (Wildman–Crippen MR) is 96.6 cm³/mol. The van der Waals surface area contributed by atoms with Crippen molar-refractivity contribution < 1.29 is 9.53 Å². The zero-order valence-corrected chi connectivity index (χ0v) is 15.2. The van der Waals surface area contributed by atoms with Crippen LogP contribution < -0.4 is 4.87 Å². The molecule has 0 fully saturated rings. The third-order valence-corrected chi connectivity index (χ3v) is 4.90. The van der Waals surface area contributed by atoms with Crippen LogP contribution in [0, 0.1) is 20.8 Å². The molecule has 0 N–H and O–H groups in total. The van der Waals surface area contributed by atoms with Crippen molar-refractivity contribution in [1.82, 2.24) is 14.3 Å². The number of esters is 1. The molecule has 0 amide bonds. The van der Waals surface area contributed by atoms with Crippen LogP contribution in [0.15, 0.2) is 40.5 Å². The minimum absolute atomic E-state index is 0.0437. The van der Waals surface area contributed by atoms with E-state index in [0.717, 1.165) is 28.4 Å². The summed E-state index contributed by atoms with van der Waals surface area (Å²) in [5.41, 5.74) is 3.59. The van der Waals surface area contributed by atoms with E-state index in [1.165, 1.54) is 0 Å². The molecule has 3 rings (SSSR count). The van der Waals surface area contributed by atoms with Crippen molar-refractivity contribution in [2.45, 2.75) is 27.3 Å². The molecule has 0 saturated heterocycles. The van der Waals surface area contributed by atoms with Gasteiger partial charge in [-0.25, -0.2) is 9.48 Å². The Balaban J connectivity index is 1.75. The van der Waals surface area contributed by atoms with E-state index in [1.807, 2.05) is 44.2 Å². The van der Waals surface area contributed by atoms with Crippen LogP contribution in [0.5, 0.6) is 0 Å². The Labute approximate surface area is 149 Å². The Morgan fingerprint density at radius 1 is 1.20 bits per heavy atom. The fourth-order valence-corrected chi connectivity index (χ4v) is 3.50. The lowest BCUT2D eigenvalue weighted by Gasteiger charge is -2.07. The summed E-state index contributed by atoms with van der Waals surface area (Å²) >= 11 is 1.15. The molecule has 6 nitrogen and oxygen atoms in total. The van der Waals surface area contributed by atoms with Gasteiger partial charge in [-0.1, -0.05) is 29.5 Å². The van der Waals surface area contributed by atoms with Gasteiger partial charge in [0.25, 0.3) is 0 Å². The Hall–Kier alpha value is -2.67. The molecule has 25 heavy (non-hydrogen) atoms. The molecular formula is C18H19N3O3S. The Morgan fingerprint density at radius 2 is 1.92 bits per heavy atom. The smallest absolute Gasteiger partial charge is 0.341 e. The first-order chi connectivity index (χ1) is 12.0. The lowest BCUT2D eigenvalue weighted by atomic mass is 10.2. The van der Waals surface area contributed by atoms with Gasteiger partial charge in [0.15, 0.2) is 0 Å². The number of benzene rings is 1. The molecule has 3 aromatic rings. The molecule has 1 aromatic carbocycles. The minimum atomic E-state index is -0.418. The largest absolute Gasteiger partial charge is 0.460 e. The number of aromatic nitrogens is 3. The Bertz CT molecular complexity index is 954. The molecule has 0 spiro atoms. The number of thiazole rings is 1. The lowest BCUT2D eigenvalue weighted by molar-refractivity contribution is 0.0488. The second-order valence-corrected chi connectivity index (χ2v) is 6.54. The van der Waals surface area contributed by atoms with Crippen LogP contribution >= 0.6 is 11.3 Å². The number of para-hydroxylation sites is 1. The molecule has 0 saturated carbocycles. The van der Waals surface area contributed by atoms with Gasteiger partial charge in [-0.2, -0.15) is 5.10 Å². The number of ether oxygens (including phenoxy) is 1. The van der Waals surface area contributed by atoms with Crippen LogP contribution in [0.25, 0.3) is 5.69 Å². The standard InChI is InChI=1S/C18H19N3O3S/c1-12-11-25-18(23)20(12)9-10-24-17(22)16-13(2)19-21(14(16)3)15-7-5-4-6-8-15/h4-8,11H,9-10H2,1-3H3. The normalized spacial score (nSPS) is 10.8. The molecular weight excluding hydrogens is 338 g/mol. The summed E-state index contributed by atoms with van der Waals surface area (Å²) in [6.45, 7) is 5.99. The number of nitrogens with zero attached hydrogens (tertiary/aromatic N) is 3. The van der Waals surface area contributed by atoms with E-state index in [2.05, 4.69) is 5.10 Å². The Morgan fingerprint density at radius 3 is 2.56 bits per heavy atom. The van der Waals surface area contributed by atoms with Gasteiger partial charge in [-0.3, -0.25) is 9.36 Å². The number of aryl methyl sites for hydroxylation is 2. The van der Waals surface area contributed by atoms with Gasteiger partial charge in [0.05, 0.1) is 23.6 Å². The molecule has 0 unspecified atom stereocenters. The third kappa shape index (κ3) is 3.41. The van der Waals surface area contributed by atoms with E-state index in [4.69, 9.17) is 4.74 Å². The minimum Gasteiger partial charge on any atom is -0.460 e. The van der Waals surface area contributed by atoms with Crippen molar-refractivity contribution >= 4 is 17.3 Å². The van der Waals surface area contributed by atoms with E-state index < -0.39 is 5.97 Å². The van der Waals surface area contributed by atoms with Gasteiger partial charge in [-0.05, 0) is 32.9 Å². The number of carbonyl (C=O) groups excluding carboxylic acids is 1. The zero-order valence-electron chi connectivity index (χ0n) is 14.4. The third-order valence-electron chi connectivity index (χ3n) is 4.02. The van der Waals surface area contributed by atoms with Gasteiger partial charge in [0.1, 0.15) is 12.2 Å². The van der Waals surface area contributed by atoms with Crippen LogP contribution in [-0.4, -0.2) is 26.9 Å². The second-order valence-electron chi connectivity index (χ2n) is 5.72. The van der Waals surface area contributed by atoms with Gasteiger partial charge in [0.2, 0.25) is 0 Å². The highest BCUT2D eigenvalue weighted by Crippen LogP contribution is 2.18. The lowest BCUT2D eigenvalue weighted by Crippen LogP contribution is -2.20. The average molecular weight is 357 g/mol. The van der Waals surface area contributed by atoms with Crippen LogP contribution in [0.4, 0.5) is 0 Å². The summed E-state index contributed by atoms with van der Waals surface area (Å²) in [6.07, 6.45) is 0. The van der Waals surface area contributed by atoms with Crippen molar-refractivity contribution in [3.05, 3.63) is 68.0 Å². The quantitative estimate of drug-likeness (QED) is 0.659. The summed E-state index contributed by atoms with van der Waals surface area (Å²) in [5, 5.41) is 6.24. The highest BCUT2D eigenvalue weighted by molar-refractivity contribution is 7.07. The van der Waals surface area contributed by atoms with Crippen LogP contribution in [-0.2, 0) is 11.3 Å². The molecule has 0 radical (unpaired) electrons. The van der Waals surface area contributed by atoms with Crippen molar-refractivity contribution in [3.8, 4) is 5.69 Å². The van der Waals surface area contributed by atoms with E-state index in [1.54, 1.807) is 21.6 Å². The molecule has 130 valence electrons. The average Bonchev–Trinajstić information content (AvgIpc) is 3.08. The molecule has 2 heterocycles. The van der Waals surface area contributed by atoms with Crippen LogP contribution in [0.3, 0.4) is 0 Å². The van der Waals surface area contributed by atoms with Gasteiger partial charge < -0.3 is 4.74 Å². The summed E-state index contributed by atoms with van der Waals surface area (Å²) in [7, 11) is 0. The number of carbonyl (C=O) groups is 1. The molecule has 0 atom stereocenters. The fourth-order valence-electron chi connectivity index (χ4n) is 2.74. The maximum Gasteiger partial charge on any atom is 0.341 e. The first-order valence-electron chi connectivity index (χ1n) is 7.92. The molecule has 0 aliphatic rings. The molecule has 0 aliphatic heterocycles. The number of rotatable bonds is 5. The summed E-state index contributed by atoms with van der Waals surface area (Å²) in [4.78, 5) is 24.1. The molecule has 0 bridgehead atoms. The first kappa shape index (κ1) is 17.2. The van der Waals surface area contributed by atoms with E-state index in [-0.39, 0.29) is 11.5 Å².